The van der Waals surface area contributed by atoms with Crippen molar-refractivity contribution < 1.29 is 47.8 Å². The van der Waals surface area contributed by atoms with Gasteiger partial charge in [0.25, 0.3) is 0 Å². The Morgan fingerprint density at radius 3 is 2.62 bits per heavy atom. The Kier molecular flexibility index (Phi) is 5.22. The van der Waals surface area contributed by atoms with Gasteiger partial charge in [-0.25, -0.2) is 8.88 Å². The second-order valence-corrected chi connectivity index (χ2v) is 9.27. The minimum absolute atomic E-state index is 0.0367. The number of hydrogen-bond acceptors (Lipinski definition) is 8. The fourth-order valence-corrected chi connectivity index (χ4v) is 5.42. The van der Waals surface area contributed by atoms with Crippen LogP contribution < -0.4 is 0 Å². The third-order valence-electron chi connectivity index (χ3n) is 5.43. The summed E-state index contributed by atoms with van der Waals surface area (Å²) in [7, 11) is -7.94. The first-order chi connectivity index (χ1) is 11.9. The van der Waals surface area contributed by atoms with Crippen LogP contribution in [0.3, 0.4) is 0 Å². The van der Waals surface area contributed by atoms with E-state index in [1.807, 2.05) is 13.8 Å². The Morgan fingerprint density at radius 1 is 1.42 bits per heavy atom. The van der Waals surface area contributed by atoms with Crippen molar-refractivity contribution in [2.75, 3.05) is 0 Å². The first kappa shape index (κ1) is 20.8. The molecule has 0 amide bonds. The summed E-state index contributed by atoms with van der Waals surface area (Å²) in [5.74, 6) is -2.14. The van der Waals surface area contributed by atoms with E-state index in [9.17, 15) is 19.7 Å². The SMILES string of the molecule is C=CCC1C(C)OC2(CC)C(OC3CC3(O)OP(O)OP(=O)(O)O)C12O. The molecule has 150 valence electrons. The van der Waals surface area contributed by atoms with Crippen molar-refractivity contribution >= 4 is 16.4 Å². The second-order valence-electron chi connectivity index (χ2n) is 6.98. The molecule has 10 nitrogen and oxygen atoms in total. The van der Waals surface area contributed by atoms with Gasteiger partial charge in [-0.15, -0.1) is 6.58 Å². The van der Waals surface area contributed by atoms with Gasteiger partial charge in [0.1, 0.15) is 23.4 Å². The van der Waals surface area contributed by atoms with Crippen LogP contribution in [0.25, 0.3) is 0 Å². The molecule has 5 N–H and O–H groups in total. The monoisotopic (exact) mass is 414 g/mol. The zero-order valence-electron chi connectivity index (χ0n) is 14.4. The summed E-state index contributed by atoms with van der Waals surface area (Å²) >= 11 is 0. The summed E-state index contributed by atoms with van der Waals surface area (Å²) in [5, 5.41) is 21.3. The maximum atomic E-state index is 11.1. The number of rotatable bonds is 9. The highest BCUT2D eigenvalue weighted by molar-refractivity contribution is 7.57. The van der Waals surface area contributed by atoms with Crippen molar-refractivity contribution in [3.63, 3.8) is 0 Å². The van der Waals surface area contributed by atoms with Crippen molar-refractivity contribution in [3.8, 4) is 0 Å². The number of phosphoric acid groups is 1. The molecular weight excluding hydrogens is 390 g/mol. The molecule has 8 unspecified atom stereocenters. The average Bonchev–Trinajstić information content (AvgIpc) is 3.24. The van der Waals surface area contributed by atoms with Crippen molar-refractivity contribution in [2.24, 2.45) is 5.92 Å². The van der Waals surface area contributed by atoms with Crippen LogP contribution in [-0.2, 0) is 22.9 Å². The highest BCUT2D eigenvalue weighted by atomic mass is 31.3. The minimum Gasteiger partial charge on any atom is -0.383 e. The van der Waals surface area contributed by atoms with E-state index >= 15 is 0 Å². The quantitative estimate of drug-likeness (QED) is 0.207. The lowest BCUT2D eigenvalue weighted by Gasteiger charge is -2.24. The number of aliphatic hydroxyl groups is 2. The van der Waals surface area contributed by atoms with Crippen LogP contribution in [0.4, 0.5) is 0 Å². The minimum atomic E-state index is -4.95. The standard InChI is InChI=1S/C14H24O10P2/c1-4-6-9-8(3)22-12(5-2)11(14(9,12)16)21-10-7-13(10,15)23-25(17)24-26(18,19)20/h4,8-11,15-17H,1,5-7H2,2-3H3,(H2,18,19,20). The molecule has 12 heteroatoms. The number of ether oxygens (including phenoxy) is 2. The Bertz CT molecular complexity index is 627. The van der Waals surface area contributed by atoms with Gasteiger partial charge in [0.05, 0.1) is 6.10 Å². The third-order valence-corrected chi connectivity index (χ3v) is 7.31. The summed E-state index contributed by atoms with van der Waals surface area (Å²) < 4.78 is 31.2. The number of allylic oxidation sites excluding steroid dienone is 1. The Balaban J connectivity index is 1.63. The molecule has 8 atom stereocenters. The maximum Gasteiger partial charge on any atom is 0.476 e. The topological polar surface area (TPSA) is 155 Å². The third kappa shape index (κ3) is 3.21. The number of fused-ring (bicyclic) bond motifs is 1. The molecule has 26 heavy (non-hydrogen) atoms. The first-order valence-corrected chi connectivity index (χ1v) is 10.9. The molecule has 0 aromatic heterocycles. The van der Waals surface area contributed by atoms with E-state index < -0.39 is 45.6 Å². The smallest absolute Gasteiger partial charge is 0.383 e. The van der Waals surface area contributed by atoms with E-state index in [0.29, 0.717) is 12.8 Å². The summed E-state index contributed by atoms with van der Waals surface area (Å²) in [6.07, 6.45) is 0.982. The van der Waals surface area contributed by atoms with Crippen LogP contribution in [0.15, 0.2) is 12.7 Å². The van der Waals surface area contributed by atoms with Gasteiger partial charge in [0.2, 0.25) is 5.79 Å². The van der Waals surface area contributed by atoms with Gasteiger partial charge in [-0.1, -0.05) is 13.0 Å². The largest absolute Gasteiger partial charge is 0.476 e. The van der Waals surface area contributed by atoms with Gasteiger partial charge in [0.15, 0.2) is 0 Å². The van der Waals surface area contributed by atoms with Gasteiger partial charge in [-0.2, -0.15) is 0 Å². The average molecular weight is 414 g/mol. The van der Waals surface area contributed by atoms with Crippen LogP contribution in [0.1, 0.15) is 33.1 Å². The summed E-state index contributed by atoms with van der Waals surface area (Å²) in [6.45, 7) is 7.45. The van der Waals surface area contributed by atoms with Gasteiger partial charge in [-0.3, -0.25) is 4.52 Å². The van der Waals surface area contributed by atoms with Crippen molar-refractivity contribution in [1.29, 1.82) is 0 Å². The zero-order chi connectivity index (χ0) is 19.5. The van der Waals surface area contributed by atoms with Crippen molar-refractivity contribution in [2.45, 2.75) is 68.4 Å². The fraction of sp³-hybridized carbons (Fsp3) is 0.857. The molecule has 3 aliphatic rings. The van der Waals surface area contributed by atoms with E-state index in [1.54, 1.807) is 6.08 Å². The molecule has 0 radical (unpaired) electrons. The highest BCUT2D eigenvalue weighted by Crippen LogP contribution is 2.68. The lowest BCUT2D eigenvalue weighted by molar-refractivity contribution is -0.125. The van der Waals surface area contributed by atoms with E-state index in [2.05, 4.69) is 10.9 Å². The Morgan fingerprint density at radius 2 is 2.08 bits per heavy atom. The summed E-state index contributed by atoms with van der Waals surface area (Å²) in [6, 6.07) is 0. The predicted octanol–water partition coefficient (Wildman–Crippen LogP) is 0.682. The molecule has 1 saturated heterocycles. The predicted molar refractivity (Wildman–Crippen MR) is 88.4 cm³/mol. The van der Waals surface area contributed by atoms with Crippen LogP contribution >= 0.6 is 16.4 Å². The van der Waals surface area contributed by atoms with E-state index in [4.69, 9.17) is 23.8 Å². The molecule has 1 aliphatic heterocycles. The molecule has 2 saturated carbocycles. The molecule has 0 aromatic carbocycles. The molecule has 1 heterocycles. The normalized spacial score (nSPS) is 48.1. The molecule has 2 aliphatic carbocycles. The van der Waals surface area contributed by atoms with Gasteiger partial charge < -0.3 is 34.4 Å². The summed E-state index contributed by atoms with van der Waals surface area (Å²) in [5.41, 5.74) is -2.10. The van der Waals surface area contributed by atoms with E-state index in [0.717, 1.165) is 0 Å². The molecular formula is C14H24O10P2. The molecule has 0 spiro atoms. The lowest BCUT2D eigenvalue weighted by Crippen LogP contribution is -2.33. The first-order valence-electron chi connectivity index (χ1n) is 8.26. The van der Waals surface area contributed by atoms with E-state index in [1.165, 1.54) is 0 Å². The Labute approximate surface area is 152 Å². The van der Waals surface area contributed by atoms with Crippen LogP contribution in [0, 0.1) is 5.92 Å². The van der Waals surface area contributed by atoms with Crippen LogP contribution in [-0.4, -0.2) is 60.2 Å². The molecule has 3 fully saturated rings. The van der Waals surface area contributed by atoms with Gasteiger partial charge in [0, 0.05) is 12.3 Å². The van der Waals surface area contributed by atoms with Crippen LogP contribution in [0.2, 0.25) is 0 Å². The van der Waals surface area contributed by atoms with Crippen molar-refractivity contribution in [1.82, 2.24) is 0 Å². The van der Waals surface area contributed by atoms with Crippen molar-refractivity contribution in [3.05, 3.63) is 12.7 Å². The second kappa shape index (κ2) is 6.54. The molecule has 3 rings (SSSR count). The van der Waals surface area contributed by atoms with Gasteiger partial charge >= 0.3 is 16.4 Å². The lowest BCUT2D eigenvalue weighted by atomic mass is 9.91. The zero-order valence-corrected chi connectivity index (χ0v) is 16.2. The number of hydrogen-bond donors (Lipinski definition) is 5. The highest BCUT2D eigenvalue weighted by Gasteiger charge is 2.86. The summed E-state index contributed by atoms with van der Waals surface area (Å²) in [4.78, 5) is 26.7. The van der Waals surface area contributed by atoms with E-state index in [-0.39, 0.29) is 18.4 Å². The Hall–Kier alpha value is 0.0400. The maximum absolute atomic E-state index is 11.1. The fourth-order valence-electron chi connectivity index (χ4n) is 4.10. The molecule has 0 bridgehead atoms. The van der Waals surface area contributed by atoms with Gasteiger partial charge in [-0.05, 0) is 19.8 Å². The molecule has 0 aromatic rings. The van der Waals surface area contributed by atoms with Crippen LogP contribution in [0.5, 0.6) is 0 Å².